The summed E-state index contributed by atoms with van der Waals surface area (Å²) in [6, 6.07) is 12.8. The summed E-state index contributed by atoms with van der Waals surface area (Å²) < 4.78 is 48.4. The Balaban J connectivity index is 1.19. The monoisotopic (exact) mass is 559 g/mol. The van der Waals surface area contributed by atoms with E-state index >= 15 is 0 Å². The average Bonchev–Trinajstić information content (AvgIpc) is 3.38. The molecule has 0 fully saturated rings. The normalized spacial score (nSPS) is 12.8. The molecule has 11 heteroatoms. The SMILES string of the molecule is Cc1ccc(S(=O)(=O)OCCCCNC(=O)COc2nc(SCc3ccc(F)cc3)nc3c2CCC3)cc1. The van der Waals surface area contributed by atoms with Crippen LogP contribution < -0.4 is 10.1 Å². The van der Waals surface area contributed by atoms with Gasteiger partial charge < -0.3 is 10.1 Å². The quantitative estimate of drug-likeness (QED) is 0.142. The Bertz CT molecular complexity index is 1350. The van der Waals surface area contributed by atoms with Gasteiger partial charge in [-0.05, 0) is 68.9 Å². The molecule has 1 amide bonds. The van der Waals surface area contributed by atoms with E-state index in [1.165, 1.54) is 36.0 Å². The van der Waals surface area contributed by atoms with E-state index in [9.17, 15) is 17.6 Å². The van der Waals surface area contributed by atoms with Crippen LogP contribution in [0, 0.1) is 12.7 Å². The standard InChI is InChI=1S/C27H30FN3O5S2/c1-19-7-13-22(14-8-19)38(33,34)36-16-3-2-15-29-25(32)17-35-26-23-5-4-6-24(23)30-27(31-26)37-18-20-9-11-21(28)12-10-20/h7-14H,2-6,15-18H2,1H3,(H,29,32). The molecule has 1 heterocycles. The molecule has 8 nitrogen and oxygen atoms in total. The van der Waals surface area contributed by atoms with Gasteiger partial charge in [-0.25, -0.2) is 9.37 Å². The Morgan fingerprint density at radius 3 is 2.58 bits per heavy atom. The minimum Gasteiger partial charge on any atom is -0.467 e. The number of aryl methyl sites for hydroxylation is 2. The number of carbonyl (C=O) groups excluding carboxylic acids is 1. The number of hydrogen-bond donors (Lipinski definition) is 1. The van der Waals surface area contributed by atoms with E-state index in [1.54, 1.807) is 24.3 Å². The number of halogens is 1. The minimum absolute atomic E-state index is 0.0357. The third-order valence-corrected chi connectivity index (χ3v) is 8.18. The molecule has 0 unspecified atom stereocenters. The molecule has 2 aromatic carbocycles. The van der Waals surface area contributed by atoms with E-state index in [-0.39, 0.29) is 29.8 Å². The number of nitrogens with zero attached hydrogens (tertiary/aromatic N) is 2. The molecule has 202 valence electrons. The zero-order chi connectivity index (χ0) is 27.0. The molecule has 0 saturated heterocycles. The second-order valence-corrected chi connectivity index (χ2v) is 11.5. The fourth-order valence-corrected chi connectivity index (χ4v) is 5.62. The van der Waals surface area contributed by atoms with E-state index in [4.69, 9.17) is 8.92 Å². The number of amides is 1. The smallest absolute Gasteiger partial charge is 0.296 e. The van der Waals surface area contributed by atoms with Gasteiger partial charge in [0.05, 0.1) is 17.2 Å². The van der Waals surface area contributed by atoms with Crippen LogP contribution in [-0.2, 0) is 37.7 Å². The molecule has 0 saturated carbocycles. The molecule has 0 bridgehead atoms. The van der Waals surface area contributed by atoms with Crippen LogP contribution in [0.5, 0.6) is 5.88 Å². The van der Waals surface area contributed by atoms with Crippen molar-refractivity contribution in [3.8, 4) is 5.88 Å². The number of nitrogens with one attached hydrogen (secondary N) is 1. The van der Waals surface area contributed by atoms with E-state index in [2.05, 4.69) is 15.3 Å². The van der Waals surface area contributed by atoms with Gasteiger partial charge in [0.1, 0.15) is 5.82 Å². The van der Waals surface area contributed by atoms with Crippen LogP contribution in [0.4, 0.5) is 4.39 Å². The van der Waals surface area contributed by atoms with E-state index < -0.39 is 10.1 Å². The summed E-state index contributed by atoms with van der Waals surface area (Å²) in [5.41, 5.74) is 3.81. The summed E-state index contributed by atoms with van der Waals surface area (Å²) in [5, 5.41) is 3.33. The average molecular weight is 560 g/mol. The van der Waals surface area contributed by atoms with Crippen molar-refractivity contribution in [2.75, 3.05) is 19.8 Å². The van der Waals surface area contributed by atoms with Gasteiger partial charge in [-0.1, -0.05) is 41.6 Å². The number of benzene rings is 2. The van der Waals surface area contributed by atoms with Gasteiger partial charge in [-0.2, -0.15) is 13.4 Å². The van der Waals surface area contributed by atoms with Crippen molar-refractivity contribution >= 4 is 27.8 Å². The number of aromatic nitrogens is 2. The molecule has 4 rings (SSSR count). The number of rotatable bonds is 13. The summed E-state index contributed by atoms with van der Waals surface area (Å²) in [4.78, 5) is 21.6. The summed E-state index contributed by atoms with van der Waals surface area (Å²) in [6.45, 7) is 2.11. The number of carbonyl (C=O) groups is 1. The summed E-state index contributed by atoms with van der Waals surface area (Å²) >= 11 is 1.44. The highest BCUT2D eigenvalue weighted by molar-refractivity contribution is 7.98. The fourth-order valence-electron chi connectivity index (χ4n) is 3.87. The minimum atomic E-state index is -3.79. The second kappa shape index (κ2) is 13.2. The lowest BCUT2D eigenvalue weighted by Crippen LogP contribution is -2.30. The molecule has 0 spiro atoms. The maximum Gasteiger partial charge on any atom is 0.296 e. The van der Waals surface area contributed by atoms with Crippen LogP contribution in [0.1, 0.15) is 41.6 Å². The zero-order valence-electron chi connectivity index (χ0n) is 21.1. The van der Waals surface area contributed by atoms with Gasteiger partial charge in [0.15, 0.2) is 11.8 Å². The molecule has 0 radical (unpaired) electrons. The summed E-state index contributed by atoms with van der Waals surface area (Å²) in [6.07, 6.45) is 3.63. The molecule has 1 aliphatic rings. The third-order valence-electron chi connectivity index (χ3n) is 5.94. The van der Waals surface area contributed by atoms with Crippen molar-refractivity contribution in [3.05, 3.63) is 76.7 Å². The molecule has 3 aromatic rings. The van der Waals surface area contributed by atoms with Crippen molar-refractivity contribution < 1.29 is 26.5 Å². The van der Waals surface area contributed by atoms with Crippen LogP contribution >= 0.6 is 11.8 Å². The first-order chi connectivity index (χ1) is 18.3. The predicted molar refractivity (Wildman–Crippen MR) is 142 cm³/mol. The largest absolute Gasteiger partial charge is 0.467 e. The van der Waals surface area contributed by atoms with Crippen LogP contribution in [-0.4, -0.2) is 44.1 Å². The lowest BCUT2D eigenvalue weighted by molar-refractivity contribution is -0.123. The molecule has 0 aliphatic heterocycles. The molecule has 38 heavy (non-hydrogen) atoms. The third kappa shape index (κ3) is 7.99. The lowest BCUT2D eigenvalue weighted by atomic mass is 10.2. The van der Waals surface area contributed by atoms with Gasteiger partial charge in [0.25, 0.3) is 16.0 Å². The molecular formula is C27H30FN3O5S2. The van der Waals surface area contributed by atoms with Gasteiger partial charge in [0.2, 0.25) is 5.88 Å². The number of unbranched alkanes of at least 4 members (excludes halogenated alkanes) is 1. The van der Waals surface area contributed by atoms with Crippen molar-refractivity contribution in [3.63, 3.8) is 0 Å². The number of fused-ring (bicyclic) bond motifs is 1. The van der Waals surface area contributed by atoms with Crippen molar-refractivity contribution in [2.45, 2.75) is 54.8 Å². The number of ether oxygens (including phenoxy) is 1. The fraction of sp³-hybridized carbons (Fsp3) is 0.370. The first-order valence-electron chi connectivity index (χ1n) is 12.4. The molecular weight excluding hydrogens is 529 g/mol. The van der Waals surface area contributed by atoms with Gasteiger partial charge in [-0.3, -0.25) is 8.98 Å². The van der Waals surface area contributed by atoms with E-state index in [0.29, 0.717) is 36.2 Å². The Labute approximate surface area is 226 Å². The zero-order valence-corrected chi connectivity index (χ0v) is 22.7. The second-order valence-electron chi connectivity index (χ2n) is 8.94. The van der Waals surface area contributed by atoms with Crippen molar-refractivity contribution in [2.24, 2.45) is 0 Å². The van der Waals surface area contributed by atoms with Crippen LogP contribution in [0.3, 0.4) is 0 Å². The molecule has 1 N–H and O–H groups in total. The van der Waals surface area contributed by atoms with E-state index in [0.717, 1.165) is 41.6 Å². The molecule has 0 atom stereocenters. The summed E-state index contributed by atoms with van der Waals surface area (Å²) in [5.74, 6) is 0.457. The van der Waals surface area contributed by atoms with E-state index in [1.807, 2.05) is 6.92 Å². The first kappa shape index (κ1) is 28.0. The van der Waals surface area contributed by atoms with Crippen molar-refractivity contribution in [1.82, 2.24) is 15.3 Å². The lowest BCUT2D eigenvalue weighted by Gasteiger charge is -2.12. The van der Waals surface area contributed by atoms with Crippen LogP contribution in [0.25, 0.3) is 0 Å². The maximum atomic E-state index is 13.1. The van der Waals surface area contributed by atoms with Crippen LogP contribution in [0.2, 0.25) is 0 Å². The maximum absolute atomic E-state index is 13.1. The number of hydrogen-bond acceptors (Lipinski definition) is 8. The first-order valence-corrected chi connectivity index (χ1v) is 14.8. The Morgan fingerprint density at radius 2 is 1.82 bits per heavy atom. The molecule has 1 aliphatic carbocycles. The predicted octanol–water partition coefficient (Wildman–Crippen LogP) is 4.39. The Kier molecular flexibility index (Phi) is 9.70. The topological polar surface area (TPSA) is 107 Å². The molecule has 1 aromatic heterocycles. The number of thioether (sulfide) groups is 1. The highest BCUT2D eigenvalue weighted by Crippen LogP contribution is 2.31. The van der Waals surface area contributed by atoms with Gasteiger partial charge in [-0.15, -0.1) is 0 Å². The summed E-state index contributed by atoms with van der Waals surface area (Å²) in [7, 11) is -3.79. The Hall–Kier alpha value is -3.02. The highest BCUT2D eigenvalue weighted by atomic mass is 32.2. The Morgan fingerprint density at radius 1 is 1.05 bits per heavy atom. The van der Waals surface area contributed by atoms with Crippen LogP contribution in [0.15, 0.2) is 58.6 Å². The van der Waals surface area contributed by atoms with Gasteiger partial charge >= 0.3 is 0 Å². The van der Waals surface area contributed by atoms with Crippen molar-refractivity contribution in [1.29, 1.82) is 0 Å². The van der Waals surface area contributed by atoms with Gasteiger partial charge in [0, 0.05) is 17.9 Å². The highest BCUT2D eigenvalue weighted by Gasteiger charge is 2.21.